The molecule has 0 radical (unpaired) electrons. The number of pyridine rings is 1. The Morgan fingerprint density at radius 3 is 2.66 bits per heavy atom. The lowest BCUT2D eigenvalue weighted by molar-refractivity contribution is -0.119. The highest BCUT2D eigenvalue weighted by Crippen LogP contribution is 2.35. The van der Waals surface area contributed by atoms with Gasteiger partial charge in [0.2, 0.25) is 5.88 Å². The Balaban J connectivity index is 1.48. The van der Waals surface area contributed by atoms with Crippen molar-refractivity contribution in [3.63, 3.8) is 0 Å². The van der Waals surface area contributed by atoms with Crippen molar-refractivity contribution in [1.29, 1.82) is 0 Å². The number of halogens is 1. The molecule has 0 amide bonds. The van der Waals surface area contributed by atoms with E-state index < -0.39 is 0 Å². The van der Waals surface area contributed by atoms with Crippen LogP contribution in [0.15, 0.2) is 24.7 Å². The lowest BCUT2D eigenvalue weighted by Crippen LogP contribution is -2.36. The Hall–Kier alpha value is -2.25. The van der Waals surface area contributed by atoms with E-state index in [2.05, 4.69) is 15.0 Å². The summed E-state index contributed by atoms with van der Waals surface area (Å²) in [6, 6.07) is 1.76. The van der Waals surface area contributed by atoms with Gasteiger partial charge in [0.15, 0.2) is 11.6 Å². The molecule has 0 spiro atoms. The molecule has 8 heteroatoms. The van der Waals surface area contributed by atoms with Crippen molar-refractivity contribution in [2.45, 2.75) is 39.2 Å². The number of hydrogen-bond donors (Lipinski definition) is 0. The number of nitrogens with zero attached hydrogens (tertiary/aromatic N) is 3. The van der Waals surface area contributed by atoms with Crippen molar-refractivity contribution in [1.82, 2.24) is 15.0 Å². The molecule has 1 aliphatic carbocycles. The lowest BCUT2D eigenvalue weighted by atomic mass is 9.83. The zero-order chi connectivity index (χ0) is 20.8. The van der Waals surface area contributed by atoms with Gasteiger partial charge in [-0.2, -0.15) is 0 Å². The van der Waals surface area contributed by atoms with Crippen LogP contribution in [0.1, 0.15) is 33.1 Å². The van der Waals surface area contributed by atoms with E-state index in [1.807, 2.05) is 6.92 Å². The Labute approximate surface area is 175 Å². The van der Waals surface area contributed by atoms with Crippen molar-refractivity contribution >= 4 is 17.4 Å². The van der Waals surface area contributed by atoms with Crippen LogP contribution in [0, 0.1) is 11.8 Å². The van der Waals surface area contributed by atoms with Crippen LogP contribution in [-0.2, 0) is 9.53 Å². The Bertz CT molecular complexity index is 825. The maximum absolute atomic E-state index is 11.1. The molecule has 0 saturated heterocycles. The number of carbonyl (C=O) groups is 1. The van der Waals surface area contributed by atoms with Gasteiger partial charge < -0.3 is 19.0 Å². The predicted molar refractivity (Wildman–Crippen MR) is 109 cm³/mol. The van der Waals surface area contributed by atoms with E-state index in [9.17, 15) is 4.79 Å². The molecule has 156 valence electrons. The minimum absolute atomic E-state index is 0.202. The first-order valence-electron chi connectivity index (χ1n) is 9.71. The molecule has 1 atom stereocenters. The average molecular weight is 420 g/mol. The van der Waals surface area contributed by atoms with E-state index in [1.165, 1.54) is 0 Å². The van der Waals surface area contributed by atoms with Gasteiger partial charge in [-0.05, 0) is 37.7 Å². The third kappa shape index (κ3) is 5.87. The first kappa shape index (κ1) is 21.5. The minimum atomic E-state index is 0.202. The zero-order valence-electron chi connectivity index (χ0n) is 16.9. The van der Waals surface area contributed by atoms with Crippen LogP contribution in [0.25, 0.3) is 11.4 Å². The number of hydrogen-bond acceptors (Lipinski definition) is 7. The van der Waals surface area contributed by atoms with Crippen molar-refractivity contribution in [2.75, 3.05) is 20.3 Å². The lowest BCUT2D eigenvalue weighted by Gasteiger charge is -2.35. The van der Waals surface area contributed by atoms with E-state index >= 15 is 0 Å². The van der Waals surface area contributed by atoms with Crippen LogP contribution in [-0.4, -0.2) is 47.2 Å². The smallest absolute Gasteiger partial charge is 0.233 e. The van der Waals surface area contributed by atoms with Gasteiger partial charge >= 0.3 is 0 Å². The van der Waals surface area contributed by atoms with Crippen molar-refractivity contribution in [3.05, 3.63) is 29.7 Å². The van der Waals surface area contributed by atoms with E-state index in [1.54, 1.807) is 38.7 Å². The molecule has 0 N–H and O–H groups in total. The largest absolute Gasteiger partial charge is 0.494 e. The van der Waals surface area contributed by atoms with E-state index in [0.29, 0.717) is 53.6 Å². The number of methoxy groups -OCH3 is 1. The van der Waals surface area contributed by atoms with Crippen LogP contribution in [0.2, 0.25) is 5.02 Å². The molecule has 0 aromatic carbocycles. The van der Waals surface area contributed by atoms with Crippen molar-refractivity contribution < 1.29 is 19.0 Å². The fourth-order valence-corrected chi connectivity index (χ4v) is 3.50. The first-order valence-corrected chi connectivity index (χ1v) is 10.1. The number of ketones is 1. The molecule has 1 fully saturated rings. The number of carbonyl (C=O) groups excluding carboxylic acids is 1. The molecule has 2 aromatic heterocycles. The van der Waals surface area contributed by atoms with Gasteiger partial charge in [-0.3, -0.25) is 0 Å². The molecule has 7 nitrogen and oxygen atoms in total. The first-order chi connectivity index (χ1) is 14.0. The minimum Gasteiger partial charge on any atom is -0.494 e. The van der Waals surface area contributed by atoms with Gasteiger partial charge in [0.05, 0.1) is 32.2 Å². The van der Waals surface area contributed by atoms with Crippen LogP contribution in [0.4, 0.5) is 0 Å². The summed E-state index contributed by atoms with van der Waals surface area (Å²) in [5.74, 6) is 2.30. The summed E-state index contributed by atoms with van der Waals surface area (Å²) in [6.07, 6.45) is 7.49. The van der Waals surface area contributed by atoms with Gasteiger partial charge in [0.1, 0.15) is 10.8 Å². The van der Waals surface area contributed by atoms with E-state index in [-0.39, 0.29) is 17.8 Å². The van der Waals surface area contributed by atoms with Crippen LogP contribution >= 0.6 is 11.6 Å². The van der Waals surface area contributed by atoms with Crippen LogP contribution < -0.4 is 9.47 Å². The highest BCUT2D eigenvalue weighted by molar-refractivity contribution is 6.34. The monoisotopic (exact) mass is 419 g/mol. The SMILES string of the molecule is COc1cnc(-c2ccnc(OCC3CC(OC[C@H](C)CC(C)=O)C3)c2Cl)nc1. The second-order valence-electron chi connectivity index (χ2n) is 7.54. The molecule has 1 aliphatic rings. The normalized spacial score (nSPS) is 19.3. The summed E-state index contributed by atoms with van der Waals surface area (Å²) in [4.78, 5) is 23.9. The Morgan fingerprint density at radius 1 is 1.28 bits per heavy atom. The molecule has 2 heterocycles. The van der Waals surface area contributed by atoms with Crippen LogP contribution in [0.5, 0.6) is 11.6 Å². The number of ether oxygens (including phenoxy) is 3. The van der Waals surface area contributed by atoms with Crippen molar-refractivity contribution in [2.24, 2.45) is 11.8 Å². The van der Waals surface area contributed by atoms with Gasteiger partial charge in [0, 0.05) is 24.8 Å². The molecule has 0 bridgehead atoms. The third-order valence-corrected chi connectivity index (χ3v) is 5.23. The topological polar surface area (TPSA) is 83.4 Å². The Kier molecular flexibility index (Phi) is 7.39. The second kappa shape index (κ2) is 9.98. The molecule has 0 unspecified atom stereocenters. The molecule has 1 saturated carbocycles. The van der Waals surface area contributed by atoms with Gasteiger partial charge in [0.25, 0.3) is 0 Å². The fourth-order valence-electron chi connectivity index (χ4n) is 3.25. The molecule has 0 aliphatic heterocycles. The van der Waals surface area contributed by atoms with Crippen molar-refractivity contribution in [3.8, 4) is 23.0 Å². The van der Waals surface area contributed by atoms with E-state index in [4.69, 9.17) is 25.8 Å². The second-order valence-corrected chi connectivity index (χ2v) is 7.92. The van der Waals surface area contributed by atoms with Gasteiger partial charge in [-0.25, -0.2) is 15.0 Å². The molecular formula is C21H26ClN3O4. The average Bonchev–Trinajstić information content (AvgIpc) is 2.67. The quantitative estimate of drug-likeness (QED) is 0.575. The third-order valence-electron chi connectivity index (χ3n) is 4.86. The number of rotatable bonds is 10. The highest BCUT2D eigenvalue weighted by Gasteiger charge is 2.31. The summed E-state index contributed by atoms with van der Waals surface area (Å²) in [5.41, 5.74) is 0.661. The summed E-state index contributed by atoms with van der Waals surface area (Å²) in [5, 5.41) is 0.392. The summed E-state index contributed by atoms with van der Waals surface area (Å²) < 4.78 is 16.8. The summed E-state index contributed by atoms with van der Waals surface area (Å²) in [6.45, 7) is 4.80. The molecule has 29 heavy (non-hydrogen) atoms. The maximum atomic E-state index is 11.1. The molecular weight excluding hydrogens is 394 g/mol. The van der Waals surface area contributed by atoms with Gasteiger partial charge in [-0.1, -0.05) is 18.5 Å². The van der Waals surface area contributed by atoms with Crippen LogP contribution in [0.3, 0.4) is 0 Å². The number of aromatic nitrogens is 3. The van der Waals surface area contributed by atoms with E-state index in [0.717, 1.165) is 12.8 Å². The Morgan fingerprint density at radius 2 is 2.00 bits per heavy atom. The standard InChI is InChI=1S/C21H26ClN3O4/c1-13(6-14(2)26)11-28-16-7-15(8-16)12-29-21-19(22)18(4-5-23-21)20-24-9-17(27-3)10-25-20/h4-5,9-10,13,15-16H,6-8,11-12H2,1-3H3/t13-,15?,16?/m1/s1. The predicted octanol–water partition coefficient (Wildman–Crippen LogP) is 3.99. The number of Topliss-reactive ketones (excluding diaryl/α,β-unsaturated/α-hetero) is 1. The zero-order valence-corrected chi connectivity index (χ0v) is 17.7. The highest BCUT2D eigenvalue weighted by atomic mass is 35.5. The summed E-state index contributed by atoms with van der Waals surface area (Å²) in [7, 11) is 1.56. The molecule has 3 rings (SSSR count). The molecule has 2 aromatic rings. The maximum Gasteiger partial charge on any atom is 0.233 e. The fraction of sp³-hybridized carbons (Fsp3) is 0.524. The summed E-state index contributed by atoms with van der Waals surface area (Å²) >= 11 is 6.47. The van der Waals surface area contributed by atoms with Gasteiger partial charge in [-0.15, -0.1) is 0 Å².